The molecule has 0 radical (unpaired) electrons. The summed E-state index contributed by atoms with van der Waals surface area (Å²) in [6.07, 6.45) is 0. The lowest BCUT2D eigenvalue weighted by Gasteiger charge is -1.87. The molecular formula is C3H6O3. The smallest absolute Gasteiger partial charge is 0.299 e. The number of rotatable bonds is 1. The Bertz CT molecular complexity index is 82.6. The molecule has 3 nitrogen and oxygen atoms in total. The van der Waals surface area contributed by atoms with Crippen molar-refractivity contribution in [3.05, 3.63) is 0 Å². The second-order valence-electron chi connectivity index (χ2n) is 0.671. The first-order valence-corrected chi connectivity index (χ1v) is 1.31. The highest BCUT2D eigenvalue weighted by Crippen LogP contribution is 1.69. The summed E-state index contributed by atoms with van der Waals surface area (Å²) in [5.74, 6) is -0.658. The van der Waals surface area contributed by atoms with Gasteiger partial charge in [0, 0.05) is 6.92 Å². The van der Waals surface area contributed by atoms with Gasteiger partial charge in [-0.3, -0.25) is 4.89 Å². The minimum absolute atomic E-state index is 0.658. The molecule has 0 heterocycles. The van der Waals surface area contributed by atoms with Crippen molar-refractivity contribution in [2.24, 2.45) is 0 Å². The minimum atomic E-state index is -1.56. The Morgan fingerprint density at radius 2 is 2.67 bits per heavy atom. The Balaban J connectivity index is 3.05. The summed E-state index contributed by atoms with van der Waals surface area (Å²) in [7, 11) is -1.56. The molecule has 6 heavy (non-hydrogen) atoms. The van der Waals surface area contributed by atoms with Crippen molar-refractivity contribution in [2.75, 3.05) is 7.06 Å². The molecule has 36 valence electrons. The quantitative estimate of drug-likeness (QED) is 0.340. The van der Waals surface area contributed by atoms with Gasteiger partial charge in [-0.1, -0.05) is 0 Å². The van der Waals surface area contributed by atoms with Crippen molar-refractivity contribution in [3.8, 4) is 0 Å². The highest BCUT2D eigenvalue weighted by Gasteiger charge is 1.83. The lowest BCUT2D eigenvalue weighted by molar-refractivity contribution is -0.252. The predicted molar refractivity (Wildman–Crippen MR) is 18.8 cm³/mol. The van der Waals surface area contributed by atoms with Crippen LogP contribution in [-0.4, -0.2) is 13.0 Å². The standard InChI is InChI=1S/C3H6O3/c1-3(4)6-5-2/h1-2H3/i2D2. The van der Waals surface area contributed by atoms with E-state index in [2.05, 4.69) is 9.78 Å². The Hall–Kier alpha value is -0.570. The average molecular weight is 92.1 g/mol. The molecule has 3 heteroatoms. The fraction of sp³-hybridized carbons (Fsp3) is 0.667. The maximum absolute atomic E-state index is 9.83. The zero-order valence-corrected chi connectivity index (χ0v) is 3.30. The van der Waals surface area contributed by atoms with Crippen LogP contribution in [0.3, 0.4) is 0 Å². The van der Waals surface area contributed by atoms with E-state index in [1.54, 1.807) is 0 Å². The van der Waals surface area contributed by atoms with Gasteiger partial charge in [-0.05, 0) is 0 Å². The zero-order valence-electron chi connectivity index (χ0n) is 5.30. The maximum Gasteiger partial charge on any atom is 0.339 e. The van der Waals surface area contributed by atoms with Gasteiger partial charge < -0.3 is 0 Å². The van der Waals surface area contributed by atoms with Crippen molar-refractivity contribution in [2.45, 2.75) is 6.92 Å². The van der Waals surface area contributed by atoms with E-state index in [-0.39, 0.29) is 0 Å². The van der Waals surface area contributed by atoms with E-state index in [1.807, 2.05) is 0 Å². The van der Waals surface area contributed by atoms with Gasteiger partial charge in [0.1, 0.15) is 0 Å². The molecule has 0 aliphatic rings. The van der Waals surface area contributed by atoms with Gasteiger partial charge in [-0.15, -0.1) is 0 Å². The summed E-state index contributed by atoms with van der Waals surface area (Å²) < 4.78 is 12.7. The van der Waals surface area contributed by atoms with Gasteiger partial charge in [-0.2, -0.15) is 4.89 Å². The van der Waals surface area contributed by atoms with E-state index in [4.69, 9.17) is 2.74 Å². The van der Waals surface area contributed by atoms with Crippen LogP contribution in [0.5, 0.6) is 0 Å². The monoisotopic (exact) mass is 92.0 g/mol. The summed E-state index contributed by atoms with van der Waals surface area (Å²) in [5, 5.41) is 0. The molecule has 0 rings (SSSR count). The highest BCUT2D eigenvalue weighted by atomic mass is 17.2. The molecule has 0 fully saturated rings. The molecular weight excluding hydrogens is 84.0 g/mol. The van der Waals surface area contributed by atoms with Crippen LogP contribution in [0.1, 0.15) is 9.67 Å². The highest BCUT2D eigenvalue weighted by molar-refractivity contribution is 5.65. The number of hydrogen-bond donors (Lipinski definition) is 0. The summed E-state index contributed by atoms with van der Waals surface area (Å²) in [5.41, 5.74) is 0. The molecule has 0 aliphatic heterocycles. The van der Waals surface area contributed by atoms with Crippen LogP contribution in [0.4, 0.5) is 0 Å². The molecule has 0 aromatic carbocycles. The molecule has 0 saturated carbocycles. The van der Waals surface area contributed by atoms with Crippen LogP contribution >= 0.6 is 0 Å². The molecule has 0 amide bonds. The summed E-state index contributed by atoms with van der Waals surface area (Å²) in [6, 6.07) is 0. The number of hydrogen-bond acceptors (Lipinski definition) is 3. The molecule has 0 aliphatic carbocycles. The molecule has 0 saturated heterocycles. The van der Waals surface area contributed by atoms with Crippen molar-refractivity contribution in [1.29, 1.82) is 0 Å². The van der Waals surface area contributed by atoms with Crippen molar-refractivity contribution in [1.82, 2.24) is 0 Å². The van der Waals surface area contributed by atoms with Crippen molar-refractivity contribution >= 4 is 5.97 Å². The summed E-state index contributed by atoms with van der Waals surface area (Å²) >= 11 is 0. The lowest BCUT2D eigenvalue weighted by atomic mass is 10.8. The van der Waals surface area contributed by atoms with Crippen molar-refractivity contribution in [3.63, 3.8) is 0 Å². The fourth-order valence-corrected chi connectivity index (χ4v) is 0.0678. The van der Waals surface area contributed by atoms with E-state index in [0.717, 1.165) is 6.92 Å². The van der Waals surface area contributed by atoms with E-state index in [0.29, 0.717) is 0 Å². The maximum atomic E-state index is 9.83. The van der Waals surface area contributed by atoms with Gasteiger partial charge >= 0.3 is 5.97 Å². The second kappa shape index (κ2) is 2.66. The van der Waals surface area contributed by atoms with E-state index in [9.17, 15) is 4.79 Å². The molecule has 0 spiro atoms. The SMILES string of the molecule is [2H]C([2H])OOC(C)=O. The minimum Gasteiger partial charge on any atom is -0.299 e. The topological polar surface area (TPSA) is 35.5 Å². The van der Waals surface area contributed by atoms with E-state index >= 15 is 0 Å². The third-order valence-corrected chi connectivity index (χ3v) is 0.165. The molecule has 0 unspecified atom stereocenters. The molecule has 0 aromatic heterocycles. The number of carbonyl (C=O) groups excluding carboxylic acids is 1. The largest absolute Gasteiger partial charge is 0.339 e. The van der Waals surface area contributed by atoms with Crippen molar-refractivity contribution < 1.29 is 17.3 Å². The van der Waals surface area contributed by atoms with E-state index < -0.39 is 13.0 Å². The van der Waals surface area contributed by atoms with Gasteiger partial charge in [0.05, 0.1) is 9.80 Å². The normalized spacial score (nSPS) is 13.0. The second-order valence-corrected chi connectivity index (χ2v) is 0.671. The third kappa shape index (κ3) is 3.43. The first-order chi connectivity index (χ1) is 3.63. The fourth-order valence-electron chi connectivity index (χ4n) is 0.0678. The Morgan fingerprint density at radius 3 is 2.83 bits per heavy atom. The lowest BCUT2D eigenvalue weighted by Crippen LogP contribution is -1.94. The zero-order chi connectivity index (χ0) is 6.57. The molecule has 0 atom stereocenters. The van der Waals surface area contributed by atoms with Gasteiger partial charge in [0.2, 0.25) is 0 Å². The molecule has 0 N–H and O–H groups in total. The Labute approximate surface area is 38.6 Å². The van der Waals surface area contributed by atoms with Crippen LogP contribution in [0, 0.1) is 0 Å². The predicted octanol–water partition coefficient (Wildman–Crippen LogP) is 0.111. The van der Waals surface area contributed by atoms with Crippen LogP contribution in [0.25, 0.3) is 0 Å². The van der Waals surface area contributed by atoms with E-state index in [1.165, 1.54) is 0 Å². The van der Waals surface area contributed by atoms with Crippen LogP contribution in [0.2, 0.25) is 0 Å². The Kier molecular flexibility index (Phi) is 1.14. The molecule has 0 bridgehead atoms. The molecule has 0 aromatic rings. The Morgan fingerprint density at radius 1 is 2.00 bits per heavy atom. The van der Waals surface area contributed by atoms with Crippen LogP contribution in [0.15, 0.2) is 0 Å². The first-order valence-electron chi connectivity index (χ1n) is 2.47. The first kappa shape index (κ1) is 2.58. The average Bonchev–Trinajstić information content (AvgIpc) is 1.61. The summed E-state index contributed by atoms with van der Waals surface area (Å²) in [4.78, 5) is 17.4. The third-order valence-electron chi connectivity index (χ3n) is 0.165. The number of carbonyl (C=O) groups is 1. The van der Waals surface area contributed by atoms with Crippen LogP contribution < -0.4 is 0 Å². The summed E-state index contributed by atoms with van der Waals surface area (Å²) in [6.45, 7) is 1.13. The van der Waals surface area contributed by atoms with Gasteiger partial charge in [0.25, 0.3) is 0 Å². The van der Waals surface area contributed by atoms with Gasteiger partial charge in [-0.25, -0.2) is 4.79 Å². The van der Waals surface area contributed by atoms with Gasteiger partial charge in [0.15, 0.2) is 0 Å². The van der Waals surface area contributed by atoms with Crippen LogP contribution in [-0.2, 0) is 14.6 Å².